The summed E-state index contributed by atoms with van der Waals surface area (Å²) in [7, 11) is 3.26. The summed E-state index contributed by atoms with van der Waals surface area (Å²) in [6.07, 6.45) is -0.892. The fraction of sp³-hybridized carbons (Fsp3) is 0.750. The number of nitrogens with zero attached hydrogens (tertiary/aromatic N) is 8. The number of urea groups is 2. The van der Waals surface area contributed by atoms with E-state index in [1.54, 1.807) is 63.5 Å². The number of nitrogens with one attached hydrogen (secondary N) is 2. The number of carbonyl (C=O) groups is 2. The van der Waals surface area contributed by atoms with E-state index in [1.165, 1.54) is 9.80 Å². The number of aromatic nitrogens is 6. The molecule has 4 saturated heterocycles. The molecule has 0 saturated carbocycles. The number of fused-ring (bicyclic) bond motifs is 12. The first-order chi connectivity index (χ1) is 19.9. The van der Waals surface area contributed by atoms with Crippen LogP contribution in [-0.2, 0) is 41.5 Å². The smallest absolute Gasteiger partial charge is 0.319 e. The monoisotopic (exact) mass is 590 g/mol. The quantitative estimate of drug-likeness (QED) is 0.406. The van der Waals surface area contributed by atoms with Crippen LogP contribution in [0.1, 0.15) is 51.2 Å². The summed E-state index contributed by atoms with van der Waals surface area (Å²) in [6, 6.07) is -2.01. The molecule has 7 heterocycles. The molecule has 2 N–H and O–H groups in total. The minimum absolute atomic E-state index is 0.133. The lowest BCUT2D eigenvalue weighted by Gasteiger charge is -2.28. The Morgan fingerprint density at radius 1 is 0.714 bits per heavy atom. The summed E-state index contributed by atoms with van der Waals surface area (Å²) in [5.74, 6) is -1.77. The van der Waals surface area contributed by atoms with Crippen molar-refractivity contribution < 1.29 is 38.0 Å². The van der Waals surface area contributed by atoms with Crippen LogP contribution in [0.2, 0.25) is 0 Å². The number of hydrogen-bond donors (Lipinski definition) is 2. The van der Waals surface area contributed by atoms with E-state index in [2.05, 4.69) is 31.3 Å². The Hall–Kier alpha value is -3.42. The van der Waals surface area contributed by atoms with Gasteiger partial charge in [0.15, 0.2) is 36.6 Å². The van der Waals surface area contributed by atoms with Crippen molar-refractivity contribution in [2.75, 3.05) is 14.1 Å². The molecule has 4 bridgehead atoms. The molecule has 0 aromatic carbocycles. The summed E-state index contributed by atoms with van der Waals surface area (Å²) < 4.78 is 39.4. The van der Waals surface area contributed by atoms with E-state index in [9.17, 15) is 9.59 Å². The summed E-state index contributed by atoms with van der Waals surface area (Å²) in [6.45, 7) is 7.41. The van der Waals surface area contributed by atoms with Crippen LogP contribution in [0, 0.1) is 0 Å². The zero-order chi connectivity index (χ0) is 29.6. The van der Waals surface area contributed by atoms with Crippen molar-refractivity contribution in [3.63, 3.8) is 0 Å². The minimum Gasteiger partial charge on any atom is -0.339 e. The Kier molecular flexibility index (Phi) is 6.23. The lowest BCUT2D eigenvalue weighted by Crippen LogP contribution is -2.48. The maximum atomic E-state index is 13.3. The summed E-state index contributed by atoms with van der Waals surface area (Å²) in [5.41, 5.74) is 1.01. The second-order valence-electron chi connectivity index (χ2n) is 12.0. The van der Waals surface area contributed by atoms with Crippen molar-refractivity contribution in [2.45, 2.75) is 102 Å². The van der Waals surface area contributed by atoms with E-state index in [-0.39, 0.29) is 13.1 Å². The topological polar surface area (TPSA) is 181 Å². The molecule has 5 aliphatic heterocycles. The van der Waals surface area contributed by atoms with E-state index in [1.807, 2.05) is 0 Å². The fourth-order valence-electron chi connectivity index (χ4n) is 5.96. The zero-order valence-corrected chi connectivity index (χ0v) is 24.0. The second-order valence-corrected chi connectivity index (χ2v) is 12.0. The zero-order valence-electron chi connectivity index (χ0n) is 24.0. The third-order valence-corrected chi connectivity index (χ3v) is 7.78. The van der Waals surface area contributed by atoms with Gasteiger partial charge in [0.05, 0.1) is 25.5 Å². The largest absolute Gasteiger partial charge is 0.339 e. The molecule has 228 valence electrons. The molecule has 8 atom stereocenters. The van der Waals surface area contributed by atoms with Crippen molar-refractivity contribution >= 4 is 12.1 Å². The van der Waals surface area contributed by atoms with Gasteiger partial charge in [-0.15, -0.1) is 10.2 Å². The highest BCUT2D eigenvalue weighted by atomic mass is 16.8. The van der Waals surface area contributed by atoms with Crippen LogP contribution >= 0.6 is 0 Å². The molecule has 7 rings (SSSR count). The maximum absolute atomic E-state index is 13.3. The third-order valence-electron chi connectivity index (χ3n) is 7.78. The van der Waals surface area contributed by atoms with Gasteiger partial charge in [-0.1, -0.05) is 10.4 Å². The van der Waals surface area contributed by atoms with Gasteiger partial charge in [0, 0.05) is 14.1 Å². The van der Waals surface area contributed by atoms with Crippen LogP contribution in [0.3, 0.4) is 0 Å². The van der Waals surface area contributed by atoms with Gasteiger partial charge in [0.2, 0.25) is 0 Å². The Balaban J connectivity index is 1.20. The molecule has 0 unspecified atom stereocenters. The molecule has 2 aromatic heterocycles. The molecular formula is C24H34N10O8. The maximum Gasteiger partial charge on any atom is 0.319 e. The van der Waals surface area contributed by atoms with Gasteiger partial charge >= 0.3 is 12.1 Å². The van der Waals surface area contributed by atoms with Crippen LogP contribution in [-0.4, -0.2) is 115 Å². The van der Waals surface area contributed by atoms with Crippen LogP contribution in [0.25, 0.3) is 0 Å². The number of amides is 4. The molecule has 5 aliphatic rings. The molecule has 18 heteroatoms. The van der Waals surface area contributed by atoms with Crippen molar-refractivity contribution in [3.8, 4) is 0 Å². The van der Waals surface area contributed by atoms with Crippen molar-refractivity contribution in [1.82, 2.24) is 50.4 Å². The Morgan fingerprint density at radius 3 is 1.52 bits per heavy atom. The predicted molar refractivity (Wildman–Crippen MR) is 136 cm³/mol. The molecular weight excluding hydrogens is 556 g/mol. The second kappa shape index (κ2) is 9.55. The van der Waals surface area contributed by atoms with E-state index in [0.29, 0.717) is 11.4 Å². The lowest BCUT2D eigenvalue weighted by molar-refractivity contribution is -0.212. The highest BCUT2D eigenvalue weighted by molar-refractivity contribution is 5.74. The Morgan fingerprint density at radius 2 is 1.12 bits per heavy atom. The van der Waals surface area contributed by atoms with Crippen molar-refractivity contribution in [2.24, 2.45) is 0 Å². The molecule has 0 aliphatic carbocycles. The van der Waals surface area contributed by atoms with Crippen LogP contribution in [0.5, 0.6) is 0 Å². The normalized spacial score (nSPS) is 37.3. The highest BCUT2D eigenvalue weighted by Crippen LogP contribution is 2.43. The van der Waals surface area contributed by atoms with E-state index >= 15 is 0 Å². The molecule has 0 radical (unpaired) electrons. The highest BCUT2D eigenvalue weighted by Gasteiger charge is 2.58. The SMILES string of the molecule is CN1Cc2cn(nn2)[C@@H]2[C@H]3OC(C)(C)O[C@H]3O[C@@H]2NC(=O)N(C)Cc2cn(nn2)[C@@H]2[C@H]3OC(C)(C)O[C@H]3O[C@@H]2NC1=O. The number of ether oxygens (including phenoxy) is 6. The fourth-order valence-corrected chi connectivity index (χ4v) is 5.96. The minimum atomic E-state index is -0.884. The number of hydrogen-bond acceptors (Lipinski definition) is 12. The third kappa shape index (κ3) is 4.77. The van der Waals surface area contributed by atoms with Crippen molar-refractivity contribution in [3.05, 3.63) is 23.8 Å². The average molecular weight is 591 g/mol. The van der Waals surface area contributed by atoms with Gasteiger partial charge in [-0.25, -0.2) is 19.0 Å². The standard InChI is InChI=1S/C24H34N10O8/c1-23(2)39-15-13-17(37-19(15)41-23)25-21(35)31(5)8-12-10-34(30-28-12)14-16-20(42-24(3,4)40-16)38-18(14)26-22(36)32(6)7-11-9-33(13)29-27-11/h9-10,13-20H,7-8H2,1-6H3,(H,25,35)(H,26,36)/t13-,14-,15-,16-,17+,18+,19-,20-/m1/s1. The first-order valence-electron chi connectivity index (χ1n) is 13.7. The van der Waals surface area contributed by atoms with E-state index in [0.717, 1.165) is 0 Å². The molecule has 2 aromatic rings. The molecule has 4 amide bonds. The van der Waals surface area contributed by atoms with E-state index < -0.39 is 73.0 Å². The number of rotatable bonds is 0. The first kappa shape index (κ1) is 27.4. The van der Waals surface area contributed by atoms with Crippen LogP contribution in [0.15, 0.2) is 12.4 Å². The van der Waals surface area contributed by atoms with Gasteiger partial charge < -0.3 is 48.9 Å². The number of carbonyl (C=O) groups excluding carboxylic acids is 2. The van der Waals surface area contributed by atoms with E-state index in [4.69, 9.17) is 28.4 Å². The molecule has 42 heavy (non-hydrogen) atoms. The molecule has 0 spiro atoms. The summed E-state index contributed by atoms with van der Waals surface area (Å²) in [4.78, 5) is 29.5. The summed E-state index contributed by atoms with van der Waals surface area (Å²) >= 11 is 0. The predicted octanol–water partition coefficient (Wildman–Crippen LogP) is -0.384. The van der Waals surface area contributed by atoms with Crippen LogP contribution < -0.4 is 10.6 Å². The first-order valence-corrected chi connectivity index (χ1v) is 13.7. The average Bonchev–Trinajstić information content (AvgIpc) is 3.71. The van der Waals surface area contributed by atoms with Gasteiger partial charge in [0.25, 0.3) is 0 Å². The molecule has 18 nitrogen and oxygen atoms in total. The summed E-state index contributed by atoms with van der Waals surface area (Å²) in [5, 5.41) is 22.9. The van der Waals surface area contributed by atoms with Crippen molar-refractivity contribution in [1.29, 1.82) is 0 Å². The van der Waals surface area contributed by atoms with Gasteiger partial charge in [-0.2, -0.15) is 0 Å². The van der Waals surface area contributed by atoms with Gasteiger partial charge in [0.1, 0.15) is 35.7 Å². The van der Waals surface area contributed by atoms with Crippen LogP contribution in [0.4, 0.5) is 9.59 Å². The van der Waals surface area contributed by atoms with Gasteiger partial charge in [-0.3, -0.25) is 0 Å². The Labute approximate surface area is 240 Å². The van der Waals surface area contributed by atoms with Gasteiger partial charge in [-0.05, 0) is 27.7 Å². The molecule has 4 fully saturated rings. The Bertz CT molecular complexity index is 1280. The lowest BCUT2D eigenvalue weighted by atomic mass is 10.1.